The Morgan fingerprint density at radius 1 is 0.941 bits per heavy atom. The lowest BCUT2D eigenvalue weighted by atomic mass is 10.1. The Balaban J connectivity index is 3.23. The number of hydrogen-bond acceptors (Lipinski definition) is 2. The molecule has 0 radical (unpaired) electrons. The monoisotopic (exact) mass is 268 g/mol. The van der Waals surface area contributed by atoms with Gasteiger partial charge in [-0.25, -0.2) is 17.6 Å². The van der Waals surface area contributed by atoms with Crippen molar-refractivity contribution < 1.29 is 22.7 Å². The van der Waals surface area contributed by atoms with E-state index in [1.165, 1.54) is 11.8 Å². The van der Waals surface area contributed by atoms with Crippen LogP contribution in [0.1, 0.15) is 25.0 Å². The second kappa shape index (κ2) is 5.73. The van der Waals surface area contributed by atoms with E-state index in [0.717, 1.165) is 0 Å². The predicted molar refractivity (Wildman–Crippen MR) is 58.6 cm³/mol. The Morgan fingerprint density at radius 2 is 1.35 bits per heavy atom. The van der Waals surface area contributed by atoms with E-state index in [0.29, 0.717) is 0 Å². The summed E-state index contributed by atoms with van der Waals surface area (Å²) in [4.78, 5) is 0. The van der Waals surface area contributed by atoms with Crippen molar-refractivity contribution in [2.45, 2.75) is 31.5 Å². The first kappa shape index (κ1) is 14.3. The van der Waals surface area contributed by atoms with Gasteiger partial charge in [0.25, 0.3) is 0 Å². The molecule has 1 nitrogen and oxygen atoms in total. The molecule has 17 heavy (non-hydrogen) atoms. The summed E-state index contributed by atoms with van der Waals surface area (Å²) >= 11 is 1.17. The van der Waals surface area contributed by atoms with Crippen molar-refractivity contribution in [3.8, 4) is 0 Å². The lowest BCUT2D eigenvalue weighted by Gasteiger charge is -2.11. The topological polar surface area (TPSA) is 20.2 Å². The van der Waals surface area contributed by atoms with E-state index in [1.807, 2.05) is 0 Å². The zero-order valence-electron chi connectivity index (χ0n) is 9.36. The maximum Gasteiger partial charge on any atom is 0.167 e. The highest BCUT2D eigenvalue weighted by atomic mass is 32.2. The molecule has 6 heteroatoms. The number of aliphatic hydroxyl groups excluding tert-OH is 1. The molecule has 1 N–H and O–H groups in total. The molecule has 0 heterocycles. The van der Waals surface area contributed by atoms with Gasteiger partial charge in [0, 0.05) is 11.3 Å². The average Bonchev–Trinajstić information content (AvgIpc) is 2.27. The van der Waals surface area contributed by atoms with Gasteiger partial charge in [-0.2, -0.15) is 11.8 Å². The summed E-state index contributed by atoms with van der Waals surface area (Å²) in [6, 6.07) is 0. The lowest BCUT2D eigenvalue weighted by Crippen LogP contribution is -2.08. The zero-order chi connectivity index (χ0) is 13.2. The highest BCUT2D eigenvalue weighted by molar-refractivity contribution is 7.99. The highest BCUT2D eigenvalue weighted by Crippen LogP contribution is 2.28. The first-order valence-corrected chi connectivity index (χ1v) is 6.01. The van der Waals surface area contributed by atoms with Gasteiger partial charge in [-0.15, -0.1) is 0 Å². The lowest BCUT2D eigenvalue weighted by molar-refractivity contribution is 0.262. The van der Waals surface area contributed by atoms with E-state index < -0.39 is 41.0 Å². The third-order valence-electron chi connectivity index (χ3n) is 2.16. The molecule has 0 unspecified atom stereocenters. The molecule has 0 aliphatic heterocycles. The molecule has 0 fully saturated rings. The molecular formula is C11H12F4OS. The molecule has 0 aliphatic rings. The number of rotatable bonds is 4. The predicted octanol–water partition coefficient (Wildman–Crippen LogP) is 3.38. The Labute approximate surface area is 101 Å². The number of benzene rings is 1. The van der Waals surface area contributed by atoms with E-state index >= 15 is 0 Å². The van der Waals surface area contributed by atoms with Crippen molar-refractivity contribution in [3.63, 3.8) is 0 Å². The number of hydrogen-bond donors (Lipinski definition) is 1. The standard InChI is InChI=1S/C11H12F4OS/c1-5(2)17-4-7-10(14)8(12)6(3-16)9(13)11(7)15/h5,16H,3-4H2,1-2H3. The van der Waals surface area contributed by atoms with Crippen LogP contribution in [-0.4, -0.2) is 10.4 Å². The molecule has 0 amide bonds. The van der Waals surface area contributed by atoms with E-state index in [-0.39, 0.29) is 11.0 Å². The van der Waals surface area contributed by atoms with Gasteiger partial charge >= 0.3 is 0 Å². The number of aliphatic hydroxyl groups is 1. The first-order valence-electron chi connectivity index (χ1n) is 4.96. The van der Waals surface area contributed by atoms with Crippen molar-refractivity contribution in [1.82, 2.24) is 0 Å². The maximum atomic E-state index is 13.4. The fourth-order valence-corrected chi connectivity index (χ4v) is 1.99. The minimum atomic E-state index is -1.52. The molecule has 0 bridgehead atoms. The van der Waals surface area contributed by atoms with Crippen LogP contribution >= 0.6 is 11.8 Å². The summed E-state index contributed by atoms with van der Waals surface area (Å²) in [7, 11) is 0. The Hall–Kier alpha value is -0.750. The van der Waals surface area contributed by atoms with Crippen LogP contribution in [-0.2, 0) is 12.4 Å². The average molecular weight is 268 g/mol. The highest BCUT2D eigenvalue weighted by Gasteiger charge is 2.24. The minimum Gasteiger partial charge on any atom is -0.391 e. The Morgan fingerprint density at radius 3 is 1.71 bits per heavy atom. The van der Waals surface area contributed by atoms with Crippen molar-refractivity contribution >= 4 is 11.8 Å². The first-order chi connectivity index (χ1) is 7.90. The van der Waals surface area contributed by atoms with E-state index in [9.17, 15) is 17.6 Å². The van der Waals surface area contributed by atoms with E-state index in [2.05, 4.69) is 0 Å². The van der Waals surface area contributed by atoms with Gasteiger partial charge < -0.3 is 5.11 Å². The van der Waals surface area contributed by atoms with E-state index in [4.69, 9.17) is 5.11 Å². The van der Waals surface area contributed by atoms with Crippen LogP contribution in [0, 0.1) is 23.3 Å². The summed E-state index contributed by atoms with van der Waals surface area (Å²) in [5, 5.41) is 8.72. The summed E-state index contributed by atoms with van der Waals surface area (Å²) in [5.41, 5.74) is -1.60. The molecule has 1 rings (SSSR count). The van der Waals surface area contributed by atoms with Crippen LogP contribution in [0.2, 0.25) is 0 Å². The van der Waals surface area contributed by atoms with Gasteiger partial charge in [0.2, 0.25) is 0 Å². The number of thioether (sulfide) groups is 1. The van der Waals surface area contributed by atoms with Gasteiger partial charge in [0.15, 0.2) is 23.3 Å². The molecule has 1 aromatic rings. The molecule has 0 atom stereocenters. The SMILES string of the molecule is CC(C)SCc1c(F)c(F)c(CO)c(F)c1F. The Kier molecular flexibility index (Phi) is 4.82. The largest absolute Gasteiger partial charge is 0.391 e. The van der Waals surface area contributed by atoms with Crippen molar-refractivity contribution in [3.05, 3.63) is 34.4 Å². The molecule has 0 saturated heterocycles. The molecule has 96 valence electrons. The fourth-order valence-electron chi connectivity index (χ4n) is 1.24. The van der Waals surface area contributed by atoms with Gasteiger partial charge in [-0.05, 0) is 5.25 Å². The molecule has 0 spiro atoms. The third-order valence-corrected chi connectivity index (χ3v) is 3.29. The van der Waals surface area contributed by atoms with Crippen molar-refractivity contribution in [1.29, 1.82) is 0 Å². The van der Waals surface area contributed by atoms with Crippen LogP contribution in [0.25, 0.3) is 0 Å². The Bertz CT molecular complexity index is 391. The second-order valence-corrected chi connectivity index (χ2v) is 5.30. The summed E-state index contributed by atoms with van der Waals surface area (Å²) in [6.07, 6.45) is 0. The van der Waals surface area contributed by atoms with Crippen molar-refractivity contribution in [2.75, 3.05) is 0 Å². The summed E-state index contributed by atoms with van der Waals surface area (Å²) < 4.78 is 53.4. The third kappa shape index (κ3) is 2.93. The smallest absolute Gasteiger partial charge is 0.167 e. The number of halogens is 4. The second-order valence-electron chi connectivity index (χ2n) is 3.73. The quantitative estimate of drug-likeness (QED) is 0.667. The van der Waals surface area contributed by atoms with Gasteiger partial charge in [0.1, 0.15) is 0 Å². The molecule has 0 saturated carbocycles. The maximum absolute atomic E-state index is 13.4. The van der Waals surface area contributed by atoms with Crippen LogP contribution in [0.3, 0.4) is 0 Å². The normalized spacial score (nSPS) is 11.3. The van der Waals surface area contributed by atoms with Crippen LogP contribution in [0.4, 0.5) is 17.6 Å². The fraction of sp³-hybridized carbons (Fsp3) is 0.455. The van der Waals surface area contributed by atoms with Crippen LogP contribution in [0.5, 0.6) is 0 Å². The molecule has 0 aliphatic carbocycles. The minimum absolute atomic E-state index is 0.0810. The van der Waals surface area contributed by atoms with Gasteiger partial charge in [-0.1, -0.05) is 13.8 Å². The molecular weight excluding hydrogens is 256 g/mol. The van der Waals surface area contributed by atoms with Crippen molar-refractivity contribution in [2.24, 2.45) is 0 Å². The summed E-state index contributed by atoms with van der Waals surface area (Å²) in [5.74, 6) is -6.06. The zero-order valence-corrected chi connectivity index (χ0v) is 10.2. The van der Waals surface area contributed by atoms with Crippen LogP contribution in [0.15, 0.2) is 0 Å². The van der Waals surface area contributed by atoms with Crippen LogP contribution < -0.4 is 0 Å². The summed E-state index contributed by atoms with van der Waals surface area (Å²) in [6.45, 7) is 2.52. The molecule has 0 aromatic heterocycles. The van der Waals surface area contributed by atoms with Gasteiger partial charge in [0.05, 0.1) is 12.2 Å². The van der Waals surface area contributed by atoms with Gasteiger partial charge in [-0.3, -0.25) is 0 Å². The molecule has 1 aromatic carbocycles. The van der Waals surface area contributed by atoms with E-state index in [1.54, 1.807) is 13.8 Å².